The lowest BCUT2D eigenvalue weighted by Crippen LogP contribution is -2.00. The summed E-state index contributed by atoms with van der Waals surface area (Å²) < 4.78 is 7.42. The van der Waals surface area contributed by atoms with Crippen molar-refractivity contribution < 1.29 is 0 Å². The Balaban J connectivity index is 1.57. The maximum absolute atomic E-state index is 4.67. The summed E-state index contributed by atoms with van der Waals surface area (Å²) in [6.45, 7) is 2.08. The fraction of sp³-hybridized carbons (Fsp3) is 0.211. The molecule has 0 N–H and O–H groups in total. The van der Waals surface area contributed by atoms with Crippen LogP contribution in [0.25, 0.3) is 17.2 Å². The van der Waals surface area contributed by atoms with Crippen molar-refractivity contribution in [3.63, 3.8) is 0 Å². The van der Waals surface area contributed by atoms with E-state index in [0.29, 0.717) is 11.7 Å². The minimum atomic E-state index is 0.551. The molecule has 1 aliphatic carbocycles. The Morgan fingerprint density at radius 2 is 1.93 bits per heavy atom. The van der Waals surface area contributed by atoms with Gasteiger partial charge in [0.15, 0.2) is 10.2 Å². The largest absolute Gasteiger partial charge is 0.268 e. The molecule has 8 heteroatoms. The van der Waals surface area contributed by atoms with Gasteiger partial charge in [-0.2, -0.15) is 4.37 Å². The van der Waals surface area contributed by atoms with Gasteiger partial charge in [0.1, 0.15) is 11.5 Å². The second-order valence-electron chi connectivity index (χ2n) is 6.49. The molecule has 3 aromatic heterocycles. The number of benzene rings is 1. The Hall–Kier alpha value is -2.58. The fourth-order valence-corrected chi connectivity index (χ4v) is 4.41. The molecule has 0 aliphatic heterocycles. The molecule has 0 bridgehead atoms. The molecule has 0 saturated heterocycles. The molecule has 3 heterocycles. The lowest BCUT2D eigenvalue weighted by atomic mass is 10.2. The van der Waals surface area contributed by atoms with Gasteiger partial charge in [-0.15, -0.1) is 10.2 Å². The number of hydrogen-bond acceptors (Lipinski definition) is 7. The summed E-state index contributed by atoms with van der Waals surface area (Å²) in [6.07, 6.45) is 4.16. The summed E-state index contributed by atoms with van der Waals surface area (Å²) >= 11 is 2.93. The number of pyridine rings is 1. The van der Waals surface area contributed by atoms with Crippen LogP contribution in [0.4, 0.5) is 0 Å². The molecule has 27 heavy (non-hydrogen) atoms. The number of rotatable bonds is 5. The van der Waals surface area contributed by atoms with Crippen LogP contribution in [0.5, 0.6) is 0 Å². The predicted octanol–water partition coefficient (Wildman–Crippen LogP) is 4.52. The number of hydrogen-bond donors (Lipinski definition) is 0. The van der Waals surface area contributed by atoms with Crippen molar-refractivity contribution in [2.45, 2.75) is 35.2 Å². The number of nitrogens with zero attached hydrogens (tertiary/aromatic N) is 6. The standard InChI is InChI=1S/C19H16N6S2/c1-12-5-9-14(10-6-12)25-17(15-4-2-3-11-20-15)22-23-18(25)26-19-21-16(24-27-19)13-7-8-13/h2-6,9-11,13H,7-8H2,1H3. The molecule has 0 spiro atoms. The predicted molar refractivity (Wildman–Crippen MR) is 105 cm³/mol. The van der Waals surface area contributed by atoms with Crippen LogP contribution in [0.15, 0.2) is 58.2 Å². The first-order valence-corrected chi connectivity index (χ1v) is 10.3. The van der Waals surface area contributed by atoms with Gasteiger partial charge in [0.05, 0.1) is 0 Å². The van der Waals surface area contributed by atoms with Gasteiger partial charge in [-0.05, 0) is 67.3 Å². The monoisotopic (exact) mass is 392 g/mol. The van der Waals surface area contributed by atoms with Gasteiger partial charge >= 0.3 is 0 Å². The van der Waals surface area contributed by atoms with E-state index in [2.05, 4.69) is 55.7 Å². The molecule has 6 nitrogen and oxygen atoms in total. The van der Waals surface area contributed by atoms with Crippen molar-refractivity contribution in [3.8, 4) is 17.2 Å². The van der Waals surface area contributed by atoms with E-state index in [4.69, 9.17) is 0 Å². The molecule has 1 saturated carbocycles. The maximum Gasteiger partial charge on any atom is 0.203 e. The van der Waals surface area contributed by atoms with E-state index in [1.165, 1.54) is 41.7 Å². The third-order valence-corrected chi connectivity index (χ3v) is 6.08. The number of aromatic nitrogens is 6. The molecule has 134 valence electrons. The molecule has 4 aromatic rings. The van der Waals surface area contributed by atoms with Crippen molar-refractivity contribution in [3.05, 3.63) is 60.0 Å². The van der Waals surface area contributed by atoms with Crippen LogP contribution in [0.3, 0.4) is 0 Å². The molecule has 0 atom stereocenters. The fourth-order valence-electron chi connectivity index (χ4n) is 2.77. The average molecular weight is 393 g/mol. The molecule has 0 unspecified atom stereocenters. The van der Waals surface area contributed by atoms with Crippen molar-refractivity contribution >= 4 is 23.3 Å². The van der Waals surface area contributed by atoms with Crippen molar-refractivity contribution in [2.24, 2.45) is 0 Å². The van der Waals surface area contributed by atoms with E-state index < -0.39 is 0 Å². The summed E-state index contributed by atoms with van der Waals surface area (Å²) in [5, 5.41) is 9.61. The van der Waals surface area contributed by atoms with Crippen LogP contribution in [0.1, 0.15) is 30.1 Å². The highest BCUT2D eigenvalue weighted by Crippen LogP contribution is 2.41. The lowest BCUT2D eigenvalue weighted by Gasteiger charge is -2.09. The molecule has 0 radical (unpaired) electrons. The molecule has 5 rings (SSSR count). The van der Waals surface area contributed by atoms with Crippen molar-refractivity contribution in [1.29, 1.82) is 0 Å². The highest BCUT2D eigenvalue weighted by Gasteiger charge is 2.28. The van der Waals surface area contributed by atoms with E-state index in [1.54, 1.807) is 6.20 Å². The minimum Gasteiger partial charge on any atom is -0.268 e. The maximum atomic E-state index is 4.67. The summed E-state index contributed by atoms with van der Waals surface area (Å²) in [7, 11) is 0. The zero-order valence-corrected chi connectivity index (χ0v) is 16.2. The second kappa shape index (κ2) is 6.86. The Bertz CT molecular complexity index is 1070. The van der Waals surface area contributed by atoms with Crippen LogP contribution in [0, 0.1) is 6.92 Å². The van der Waals surface area contributed by atoms with Gasteiger partial charge < -0.3 is 0 Å². The first kappa shape index (κ1) is 16.6. The summed E-state index contributed by atoms with van der Waals surface area (Å²) in [4.78, 5) is 9.12. The molecular formula is C19H16N6S2. The zero-order valence-electron chi connectivity index (χ0n) is 14.6. The molecule has 1 fully saturated rings. The Labute approximate surface area is 164 Å². The lowest BCUT2D eigenvalue weighted by molar-refractivity contribution is 0.881. The van der Waals surface area contributed by atoms with Crippen LogP contribution in [-0.2, 0) is 0 Å². The van der Waals surface area contributed by atoms with Crippen LogP contribution in [0.2, 0.25) is 0 Å². The van der Waals surface area contributed by atoms with Crippen molar-refractivity contribution in [2.75, 3.05) is 0 Å². The zero-order chi connectivity index (χ0) is 18.2. The summed E-state index contributed by atoms with van der Waals surface area (Å²) in [5.74, 6) is 2.23. The quantitative estimate of drug-likeness (QED) is 0.497. The van der Waals surface area contributed by atoms with Gasteiger partial charge in [-0.25, -0.2) is 4.98 Å². The third kappa shape index (κ3) is 3.38. The van der Waals surface area contributed by atoms with Crippen LogP contribution >= 0.6 is 23.3 Å². The van der Waals surface area contributed by atoms with Crippen LogP contribution < -0.4 is 0 Å². The van der Waals surface area contributed by atoms with Gasteiger partial charge in [0, 0.05) is 17.8 Å². The summed E-state index contributed by atoms with van der Waals surface area (Å²) in [6, 6.07) is 14.1. The van der Waals surface area contributed by atoms with E-state index in [-0.39, 0.29) is 0 Å². The Morgan fingerprint density at radius 3 is 2.67 bits per heavy atom. The highest BCUT2D eigenvalue weighted by atomic mass is 32.2. The first-order chi connectivity index (χ1) is 13.3. The molecule has 1 aromatic carbocycles. The van der Waals surface area contributed by atoms with E-state index in [0.717, 1.165) is 26.7 Å². The molecule has 0 amide bonds. The average Bonchev–Trinajstić information content (AvgIpc) is 3.31. The minimum absolute atomic E-state index is 0.551. The Morgan fingerprint density at radius 1 is 1.07 bits per heavy atom. The third-order valence-electron chi connectivity index (χ3n) is 4.36. The van der Waals surface area contributed by atoms with Gasteiger partial charge in [-0.3, -0.25) is 9.55 Å². The second-order valence-corrected chi connectivity index (χ2v) is 8.45. The molecular weight excluding hydrogens is 376 g/mol. The van der Waals surface area contributed by atoms with Gasteiger partial charge in [-0.1, -0.05) is 23.8 Å². The topological polar surface area (TPSA) is 69.4 Å². The van der Waals surface area contributed by atoms with Crippen molar-refractivity contribution in [1.82, 2.24) is 29.1 Å². The van der Waals surface area contributed by atoms with Crippen LogP contribution in [-0.4, -0.2) is 29.1 Å². The summed E-state index contributed by atoms with van der Waals surface area (Å²) in [5.41, 5.74) is 2.99. The molecule has 1 aliphatic rings. The highest BCUT2D eigenvalue weighted by molar-refractivity contribution is 8.00. The first-order valence-electron chi connectivity index (χ1n) is 8.73. The van der Waals surface area contributed by atoms with Gasteiger partial charge in [0.2, 0.25) is 5.16 Å². The van der Waals surface area contributed by atoms with E-state index >= 15 is 0 Å². The normalized spacial score (nSPS) is 13.8. The SMILES string of the molecule is Cc1ccc(-n2c(Sc3nc(C4CC4)ns3)nnc2-c2ccccn2)cc1. The van der Waals surface area contributed by atoms with E-state index in [1.807, 2.05) is 22.8 Å². The van der Waals surface area contributed by atoms with E-state index in [9.17, 15) is 0 Å². The smallest absolute Gasteiger partial charge is 0.203 e. The van der Waals surface area contributed by atoms with Gasteiger partial charge in [0.25, 0.3) is 0 Å². The Kier molecular flexibility index (Phi) is 4.21. The number of aryl methyl sites for hydroxylation is 1.